The molecule has 2 saturated heterocycles. The van der Waals surface area contributed by atoms with Gasteiger partial charge in [-0.2, -0.15) is 0 Å². The molecule has 3 heterocycles. The van der Waals surface area contributed by atoms with Gasteiger partial charge in [0.15, 0.2) is 0 Å². The zero-order valence-corrected chi connectivity index (χ0v) is 17.9. The number of likely N-dealkylation sites (tertiary alicyclic amines) is 1. The Morgan fingerprint density at radius 3 is 2.77 bits per heavy atom. The lowest BCUT2D eigenvalue weighted by atomic mass is 9.95. The molecule has 2 fully saturated rings. The number of piperidine rings is 1. The molecule has 0 saturated carbocycles. The van der Waals surface area contributed by atoms with Gasteiger partial charge in [0, 0.05) is 58.1 Å². The number of hydrogen-bond donors (Lipinski definition) is 0. The quantitative estimate of drug-likeness (QED) is 0.732. The van der Waals surface area contributed by atoms with Crippen LogP contribution in [0.4, 0.5) is 5.95 Å². The molecule has 8 nitrogen and oxygen atoms in total. The van der Waals surface area contributed by atoms with Crippen molar-refractivity contribution in [2.45, 2.75) is 25.8 Å². The molecule has 4 rings (SSSR count). The summed E-state index contributed by atoms with van der Waals surface area (Å²) < 4.78 is 5.28. The Morgan fingerprint density at radius 1 is 1.13 bits per heavy atom. The highest BCUT2D eigenvalue weighted by atomic mass is 16.5. The van der Waals surface area contributed by atoms with Crippen LogP contribution in [0.1, 0.15) is 24.8 Å². The van der Waals surface area contributed by atoms with E-state index in [2.05, 4.69) is 14.9 Å². The minimum absolute atomic E-state index is 0.107. The third kappa shape index (κ3) is 5.13. The topological polar surface area (TPSA) is 78.9 Å². The molecule has 0 bridgehead atoms. The van der Waals surface area contributed by atoms with Crippen LogP contribution in [0, 0.1) is 5.92 Å². The summed E-state index contributed by atoms with van der Waals surface area (Å²) in [4.78, 5) is 40.3. The van der Waals surface area contributed by atoms with Gasteiger partial charge in [0.05, 0.1) is 13.0 Å². The number of benzene rings is 1. The molecule has 2 amide bonds. The number of amides is 2. The van der Waals surface area contributed by atoms with Gasteiger partial charge in [0.1, 0.15) is 5.75 Å². The summed E-state index contributed by atoms with van der Waals surface area (Å²) in [5.41, 5.74) is 1.01. The Labute approximate surface area is 182 Å². The first-order chi connectivity index (χ1) is 15.1. The predicted octanol–water partition coefficient (Wildman–Crippen LogP) is 1.96. The smallest absolute Gasteiger partial charge is 0.227 e. The predicted molar refractivity (Wildman–Crippen MR) is 117 cm³/mol. The zero-order chi connectivity index (χ0) is 21.6. The van der Waals surface area contributed by atoms with Gasteiger partial charge in [-0.15, -0.1) is 0 Å². The molecule has 0 radical (unpaired) electrons. The molecule has 31 heavy (non-hydrogen) atoms. The number of anilines is 1. The molecule has 0 aliphatic carbocycles. The summed E-state index contributed by atoms with van der Waals surface area (Å²) >= 11 is 0. The molecule has 164 valence electrons. The third-order valence-electron chi connectivity index (χ3n) is 6.00. The maximum Gasteiger partial charge on any atom is 0.227 e. The fourth-order valence-corrected chi connectivity index (χ4v) is 4.31. The van der Waals surface area contributed by atoms with E-state index in [9.17, 15) is 9.59 Å². The molecular weight excluding hydrogens is 394 g/mol. The van der Waals surface area contributed by atoms with Crippen molar-refractivity contribution in [3.63, 3.8) is 0 Å². The molecular formula is C23H29N5O3. The van der Waals surface area contributed by atoms with E-state index >= 15 is 0 Å². The van der Waals surface area contributed by atoms with E-state index in [1.807, 2.05) is 34.1 Å². The van der Waals surface area contributed by atoms with E-state index in [0.717, 1.165) is 37.4 Å². The van der Waals surface area contributed by atoms with Crippen LogP contribution in [0.25, 0.3) is 0 Å². The van der Waals surface area contributed by atoms with E-state index in [1.54, 1.807) is 25.6 Å². The molecule has 2 aromatic rings. The van der Waals surface area contributed by atoms with Gasteiger partial charge >= 0.3 is 0 Å². The second kappa shape index (κ2) is 9.76. The van der Waals surface area contributed by atoms with Gasteiger partial charge in [-0.1, -0.05) is 12.1 Å². The fourth-order valence-electron chi connectivity index (χ4n) is 4.31. The highest BCUT2D eigenvalue weighted by Gasteiger charge is 2.33. The van der Waals surface area contributed by atoms with Gasteiger partial charge in [-0.05, 0) is 36.6 Å². The average Bonchev–Trinajstić information content (AvgIpc) is 3.07. The first-order valence-electron chi connectivity index (χ1n) is 10.9. The molecule has 1 aromatic carbocycles. The Morgan fingerprint density at radius 2 is 1.97 bits per heavy atom. The standard InChI is InChI=1S/C23H29N5O3/c1-31-20-6-2-5-18(15-20)16-28-17-19(7-8-21(28)29)22(30)26-11-4-12-27(14-13-26)23-24-9-3-10-25-23/h2-3,5-6,9-10,15,19H,4,7-8,11-14,16-17H2,1H3/t19-/m0/s1. The highest BCUT2D eigenvalue weighted by molar-refractivity contribution is 5.84. The number of rotatable bonds is 5. The Kier molecular flexibility index (Phi) is 6.64. The van der Waals surface area contributed by atoms with Crippen LogP contribution < -0.4 is 9.64 Å². The van der Waals surface area contributed by atoms with Gasteiger partial charge in [-0.25, -0.2) is 9.97 Å². The van der Waals surface area contributed by atoms with E-state index in [0.29, 0.717) is 38.4 Å². The number of nitrogens with zero attached hydrogens (tertiary/aromatic N) is 5. The molecule has 8 heteroatoms. The van der Waals surface area contributed by atoms with Crippen LogP contribution in [0.15, 0.2) is 42.7 Å². The molecule has 0 spiro atoms. The van der Waals surface area contributed by atoms with Gasteiger partial charge in [0.25, 0.3) is 0 Å². The number of hydrogen-bond acceptors (Lipinski definition) is 6. The lowest BCUT2D eigenvalue weighted by Crippen LogP contribution is -2.47. The van der Waals surface area contributed by atoms with Crippen LogP contribution in [0.3, 0.4) is 0 Å². The third-order valence-corrected chi connectivity index (χ3v) is 6.00. The monoisotopic (exact) mass is 423 g/mol. The number of carbonyl (C=O) groups is 2. The van der Waals surface area contributed by atoms with Crippen molar-refractivity contribution in [2.24, 2.45) is 5.92 Å². The van der Waals surface area contributed by atoms with E-state index in [4.69, 9.17) is 4.74 Å². The number of ether oxygens (including phenoxy) is 1. The minimum Gasteiger partial charge on any atom is -0.497 e. The molecule has 0 unspecified atom stereocenters. The number of methoxy groups -OCH3 is 1. The lowest BCUT2D eigenvalue weighted by Gasteiger charge is -2.34. The zero-order valence-electron chi connectivity index (χ0n) is 17.9. The van der Waals surface area contributed by atoms with Gasteiger partial charge < -0.3 is 19.4 Å². The first kappa shape index (κ1) is 21.1. The van der Waals surface area contributed by atoms with Crippen molar-refractivity contribution < 1.29 is 14.3 Å². The SMILES string of the molecule is COc1cccc(CN2C[C@@H](C(=O)N3CCCN(c4ncccn4)CC3)CCC2=O)c1. The van der Waals surface area contributed by atoms with Crippen LogP contribution in [-0.4, -0.2) is 71.4 Å². The number of carbonyl (C=O) groups excluding carboxylic acids is 2. The van der Waals surface area contributed by atoms with Gasteiger partial charge in [-0.3, -0.25) is 9.59 Å². The minimum atomic E-state index is -0.150. The summed E-state index contributed by atoms with van der Waals surface area (Å²) in [6.45, 7) is 3.89. The highest BCUT2D eigenvalue weighted by Crippen LogP contribution is 2.24. The molecule has 0 N–H and O–H groups in total. The maximum absolute atomic E-state index is 13.3. The summed E-state index contributed by atoms with van der Waals surface area (Å²) in [5.74, 6) is 1.59. The second-order valence-corrected chi connectivity index (χ2v) is 8.08. The Balaban J connectivity index is 1.37. The molecule has 2 aliphatic rings. The van der Waals surface area contributed by atoms with Crippen molar-refractivity contribution in [3.8, 4) is 5.75 Å². The van der Waals surface area contributed by atoms with Crippen LogP contribution >= 0.6 is 0 Å². The summed E-state index contributed by atoms with van der Waals surface area (Å²) in [6, 6.07) is 9.53. The Bertz CT molecular complexity index is 907. The van der Waals surface area contributed by atoms with E-state index in [-0.39, 0.29) is 17.7 Å². The van der Waals surface area contributed by atoms with Crippen molar-refractivity contribution in [2.75, 3.05) is 44.7 Å². The first-order valence-corrected chi connectivity index (χ1v) is 10.9. The van der Waals surface area contributed by atoms with Crippen molar-refractivity contribution >= 4 is 17.8 Å². The fraction of sp³-hybridized carbons (Fsp3) is 0.478. The maximum atomic E-state index is 13.3. The normalized spacial score (nSPS) is 19.8. The number of aromatic nitrogens is 2. The lowest BCUT2D eigenvalue weighted by molar-refractivity contribution is -0.143. The molecule has 2 aliphatic heterocycles. The van der Waals surface area contributed by atoms with Crippen LogP contribution in [0.2, 0.25) is 0 Å². The molecule has 1 aromatic heterocycles. The van der Waals surface area contributed by atoms with Crippen molar-refractivity contribution in [1.82, 2.24) is 19.8 Å². The largest absolute Gasteiger partial charge is 0.497 e. The van der Waals surface area contributed by atoms with Crippen LogP contribution in [0.5, 0.6) is 5.75 Å². The second-order valence-electron chi connectivity index (χ2n) is 8.08. The van der Waals surface area contributed by atoms with Gasteiger partial charge in [0.2, 0.25) is 17.8 Å². The van der Waals surface area contributed by atoms with E-state index < -0.39 is 0 Å². The van der Waals surface area contributed by atoms with Crippen molar-refractivity contribution in [3.05, 3.63) is 48.3 Å². The van der Waals surface area contributed by atoms with Crippen LogP contribution in [-0.2, 0) is 16.1 Å². The average molecular weight is 424 g/mol. The summed E-state index contributed by atoms with van der Waals surface area (Å²) in [7, 11) is 1.63. The van der Waals surface area contributed by atoms with E-state index in [1.165, 1.54) is 0 Å². The Hall–Kier alpha value is -3.16. The summed E-state index contributed by atoms with van der Waals surface area (Å²) in [5, 5.41) is 0. The summed E-state index contributed by atoms with van der Waals surface area (Å²) in [6.07, 6.45) is 5.40. The van der Waals surface area contributed by atoms with Crippen molar-refractivity contribution in [1.29, 1.82) is 0 Å². The molecule has 1 atom stereocenters.